The van der Waals surface area contributed by atoms with E-state index in [1.807, 2.05) is 17.5 Å². The highest BCUT2D eigenvalue weighted by Gasteiger charge is 2.32. The molecule has 3 rings (SSSR count). The van der Waals surface area contributed by atoms with E-state index in [2.05, 4.69) is 5.32 Å². The first-order valence-corrected chi connectivity index (χ1v) is 11.9. The zero-order valence-corrected chi connectivity index (χ0v) is 18.2. The van der Waals surface area contributed by atoms with E-state index >= 15 is 0 Å². The molecule has 1 amide bonds. The molecule has 1 aromatic carbocycles. The van der Waals surface area contributed by atoms with Gasteiger partial charge in [0.05, 0.1) is 12.7 Å². The van der Waals surface area contributed by atoms with Crippen molar-refractivity contribution in [3.05, 3.63) is 40.6 Å². The van der Waals surface area contributed by atoms with Crippen LogP contribution >= 0.6 is 11.3 Å². The van der Waals surface area contributed by atoms with Crippen molar-refractivity contribution in [1.82, 2.24) is 4.31 Å². The lowest BCUT2D eigenvalue weighted by atomic mass is 10.2. The van der Waals surface area contributed by atoms with Crippen LogP contribution in [-0.2, 0) is 26.1 Å². The molecule has 9 heteroatoms. The summed E-state index contributed by atoms with van der Waals surface area (Å²) in [6.07, 6.45) is 1.64. The maximum Gasteiger partial charge on any atom is 0.247 e. The minimum absolute atomic E-state index is 0.0418. The molecular formula is C20H26N2O5S2. The number of anilines is 1. The van der Waals surface area contributed by atoms with Crippen molar-refractivity contribution in [3.8, 4) is 5.75 Å². The molecule has 1 aromatic heterocycles. The summed E-state index contributed by atoms with van der Waals surface area (Å²) in [6.45, 7) is 4.70. The van der Waals surface area contributed by atoms with Gasteiger partial charge in [-0.25, -0.2) is 8.42 Å². The van der Waals surface area contributed by atoms with Crippen LogP contribution in [0, 0.1) is 0 Å². The summed E-state index contributed by atoms with van der Waals surface area (Å²) in [5, 5.41) is 4.57. The number of nitrogens with one attached hydrogen (secondary N) is 1. The molecule has 1 unspecified atom stereocenters. The van der Waals surface area contributed by atoms with Gasteiger partial charge in [0.1, 0.15) is 10.6 Å². The van der Waals surface area contributed by atoms with Crippen LogP contribution in [0.2, 0.25) is 0 Å². The molecule has 0 radical (unpaired) electrons. The van der Waals surface area contributed by atoms with Crippen LogP contribution in [0.15, 0.2) is 40.6 Å². The van der Waals surface area contributed by atoms with E-state index < -0.39 is 10.0 Å². The number of thiophene rings is 1. The van der Waals surface area contributed by atoms with Crippen LogP contribution in [0.25, 0.3) is 0 Å². The Bertz CT molecular complexity index is 922. The first-order valence-electron chi connectivity index (χ1n) is 9.58. The highest BCUT2D eigenvalue weighted by Crippen LogP contribution is 2.32. The Hall–Kier alpha value is -1.94. The predicted molar refractivity (Wildman–Crippen MR) is 113 cm³/mol. The number of rotatable bonds is 9. The van der Waals surface area contributed by atoms with Crippen LogP contribution in [0.4, 0.5) is 5.69 Å². The molecule has 158 valence electrons. The third-order valence-electron chi connectivity index (χ3n) is 4.53. The van der Waals surface area contributed by atoms with E-state index in [1.165, 1.54) is 28.6 Å². The first kappa shape index (κ1) is 21.8. The van der Waals surface area contributed by atoms with Crippen molar-refractivity contribution in [2.45, 2.75) is 44.2 Å². The fourth-order valence-corrected chi connectivity index (χ4v) is 5.65. The summed E-state index contributed by atoms with van der Waals surface area (Å²) in [5.74, 6) is -0.00238. The number of sulfonamides is 1. The van der Waals surface area contributed by atoms with Crippen molar-refractivity contribution >= 4 is 33.0 Å². The van der Waals surface area contributed by atoms with Gasteiger partial charge in [-0.3, -0.25) is 4.79 Å². The third kappa shape index (κ3) is 5.57. The Kier molecular flexibility index (Phi) is 7.28. The van der Waals surface area contributed by atoms with Crippen LogP contribution in [-0.4, -0.2) is 44.5 Å². The maximum atomic E-state index is 13.7. The minimum Gasteiger partial charge on any atom is -0.492 e. The van der Waals surface area contributed by atoms with Crippen molar-refractivity contribution in [2.24, 2.45) is 0 Å². The van der Waals surface area contributed by atoms with E-state index in [-0.39, 0.29) is 35.7 Å². The number of nitrogens with zero attached hydrogens (tertiary/aromatic N) is 1. The van der Waals surface area contributed by atoms with Gasteiger partial charge in [0.25, 0.3) is 0 Å². The summed E-state index contributed by atoms with van der Waals surface area (Å²) < 4.78 is 40.1. The zero-order chi connectivity index (χ0) is 20.9. The van der Waals surface area contributed by atoms with E-state index in [1.54, 1.807) is 19.1 Å². The lowest BCUT2D eigenvalue weighted by Crippen LogP contribution is -2.37. The van der Waals surface area contributed by atoms with Gasteiger partial charge in [0, 0.05) is 37.2 Å². The smallest absolute Gasteiger partial charge is 0.247 e. The topological polar surface area (TPSA) is 84.9 Å². The molecule has 1 fully saturated rings. The fraction of sp³-hybridized carbons (Fsp3) is 0.450. The Morgan fingerprint density at radius 3 is 2.83 bits per heavy atom. The van der Waals surface area contributed by atoms with Crippen molar-refractivity contribution in [1.29, 1.82) is 0 Å². The van der Waals surface area contributed by atoms with Gasteiger partial charge in [0.2, 0.25) is 15.9 Å². The molecule has 1 aliphatic heterocycles. The van der Waals surface area contributed by atoms with E-state index in [0.29, 0.717) is 18.9 Å². The van der Waals surface area contributed by atoms with Gasteiger partial charge < -0.3 is 14.8 Å². The first-order chi connectivity index (χ1) is 13.9. The third-order valence-corrected chi connectivity index (χ3v) is 7.22. The van der Waals surface area contributed by atoms with Gasteiger partial charge in [-0.05, 0) is 49.4 Å². The molecule has 1 atom stereocenters. The molecule has 2 aromatic rings. The summed E-state index contributed by atoms with van der Waals surface area (Å²) in [5.41, 5.74) is 0.410. The van der Waals surface area contributed by atoms with Crippen LogP contribution in [0.5, 0.6) is 5.75 Å². The summed E-state index contributed by atoms with van der Waals surface area (Å²) >= 11 is 1.51. The van der Waals surface area contributed by atoms with Crippen molar-refractivity contribution < 1.29 is 22.7 Å². The number of carbonyl (C=O) groups excluding carboxylic acids is 1. The van der Waals surface area contributed by atoms with Crippen LogP contribution in [0.3, 0.4) is 0 Å². The van der Waals surface area contributed by atoms with E-state index in [0.717, 1.165) is 17.7 Å². The summed E-state index contributed by atoms with van der Waals surface area (Å²) in [6, 6.07) is 8.49. The maximum absolute atomic E-state index is 13.7. The normalized spacial score (nSPS) is 16.9. The molecular weight excluding hydrogens is 412 g/mol. The molecule has 2 heterocycles. The number of amides is 1. The quantitative estimate of drug-likeness (QED) is 0.648. The minimum atomic E-state index is -3.89. The number of ether oxygens (including phenoxy) is 2. The molecule has 29 heavy (non-hydrogen) atoms. The number of carbonyl (C=O) groups is 1. The largest absolute Gasteiger partial charge is 0.492 e. The fourth-order valence-electron chi connectivity index (χ4n) is 3.24. The Morgan fingerprint density at radius 1 is 1.38 bits per heavy atom. The standard InChI is InChI=1S/C20H26N2O5S2/c1-3-26-19-9-8-16(21-15(2)23)12-20(19)29(24,25)22(13-17-6-4-10-27-17)14-18-7-5-11-28-18/h5,7-9,11-12,17H,3-4,6,10,13-14H2,1-2H3,(H,21,23). The number of benzene rings is 1. The lowest BCUT2D eigenvalue weighted by molar-refractivity contribution is -0.114. The second-order valence-electron chi connectivity index (χ2n) is 6.79. The molecule has 7 nitrogen and oxygen atoms in total. The molecule has 0 saturated carbocycles. The van der Waals surface area contributed by atoms with Gasteiger partial charge in [-0.1, -0.05) is 6.07 Å². The molecule has 1 N–H and O–H groups in total. The number of hydrogen-bond acceptors (Lipinski definition) is 6. The second kappa shape index (κ2) is 9.71. The average Bonchev–Trinajstić information content (AvgIpc) is 3.36. The highest BCUT2D eigenvalue weighted by atomic mass is 32.2. The summed E-state index contributed by atoms with van der Waals surface area (Å²) in [7, 11) is -3.89. The van der Waals surface area contributed by atoms with Crippen LogP contribution < -0.4 is 10.1 Å². The highest BCUT2D eigenvalue weighted by molar-refractivity contribution is 7.89. The monoisotopic (exact) mass is 438 g/mol. The van der Waals surface area contributed by atoms with Gasteiger partial charge >= 0.3 is 0 Å². The van der Waals surface area contributed by atoms with Gasteiger partial charge in [-0.2, -0.15) is 4.31 Å². The van der Waals surface area contributed by atoms with Crippen molar-refractivity contribution in [3.63, 3.8) is 0 Å². The van der Waals surface area contributed by atoms with E-state index in [4.69, 9.17) is 9.47 Å². The Morgan fingerprint density at radius 2 is 2.21 bits per heavy atom. The average molecular weight is 439 g/mol. The van der Waals surface area contributed by atoms with Gasteiger partial charge in [-0.15, -0.1) is 11.3 Å². The SMILES string of the molecule is CCOc1ccc(NC(C)=O)cc1S(=O)(=O)N(Cc1cccs1)CC1CCCO1. The van der Waals surface area contributed by atoms with Gasteiger partial charge in [0.15, 0.2) is 0 Å². The van der Waals surface area contributed by atoms with Crippen LogP contribution in [0.1, 0.15) is 31.6 Å². The molecule has 1 aliphatic rings. The second-order valence-corrected chi connectivity index (χ2v) is 9.73. The summed E-state index contributed by atoms with van der Waals surface area (Å²) in [4.78, 5) is 12.4. The molecule has 1 saturated heterocycles. The number of hydrogen-bond donors (Lipinski definition) is 1. The molecule has 0 aliphatic carbocycles. The van der Waals surface area contributed by atoms with Crippen molar-refractivity contribution in [2.75, 3.05) is 25.1 Å². The molecule has 0 bridgehead atoms. The predicted octanol–water partition coefficient (Wildman–Crippen LogP) is 3.48. The lowest BCUT2D eigenvalue weighted by Gasteiger charge is -2.25. The molecule has 0 spiro atoms. The zero-order valence-electron chi connectivity index (χ0n) is 16.6. The van der Waals surface area contributed by atoms with E-state index in [9.17, 15) is 13.2 Å². The Balaban J connectivity index is 1.99. The Labute approximate surface area is 175 Å².